The van der Waals surface area contributed by atoms with Crippen molar-refractivity contribution >= 4 is 87.2 Å². The second-order valence-electron chi connectivity index (χ2n) is 12.3. The lowest BCUT2D eigenvalue weighted by Crippen LogP contribution is -1.96. The fourth-order valence-electron chi connectivity index (χ4n) is 7.82. The van der Waals surface area contributed by atoms with Crippen molar-refractivity contribution in [2.45, 2.75) is 0 Å². The molecule has 4 nitrogen and oxygen atoms in total. The Kier molecular flexibility index (Phi) is 4.81. The number of furan rings is 1. The van der Waals surface area contributed by atoms with Gasteiger partial charge in [0.15, 0.2) is 5.58 Å². The Balaban J connectivity index is 1.30. The predicted octanol–water partition coefficient (Wildman–Crippen LogP) is 12.0. The van der Waals surface area contributed by atoms with Gasteiger partial charge >= 0.3 is 0 Å². The van der Waals surface area contributed by atoms with Crippen molar-refractivity contribution in [1.82, 2.24) is 9.55 Å². The maximum absolute atomic E-state index is 6.72. The zero-order chi connectivity index (χ0) is 30.6. The number of hydrogen-bond donors (Lipinski definition) is 0. The van der Waals surface area contributed by atoms with Gasteiger partial charge in [-0.25, -0.2) is 4.98 Å². The molecule has 11 aromatic rings. The van der Waals surface area contributed by atoms with Crippen molar-refractivity contribution in [3.63, 3.8) is 0 Å². The van der Waals surface area contributed by atoms with Gasteiger partial charge in [0.1, 0.15) is 16.7 Å². The molecule has 4 heteroatoms. The monoisotopic (exact) mass is 600 g/mol. The Bertz CT molecular complexity index is 2960. The molecule has 0 bridgehead atoms. The molecule has 0 saturated carbocycles. The van der Waals surface area contributed by atoms with E-state index in [9.17, 15) is 0 Å². The molecule has 0 atom stereocenters. The topological polar surface area (TPSA) is 44.1 Å². The first kappa shape index (κ1) is 24.9. The Hall–Kier alpha value is -6.39. The summed E-state index contributed by atoms with van der Waals surface area (Å²) < 4.78 is 15.4. The van der Waals surface area contributed by atoms with Gasteiger partial charge in [0.25, 0.3) is 0 Å². The Morgan fingerprint density at radius 1 is 0.426 bits per heavy atom. The molecule has 3 heterocycles. The number of hydrogen-bond acceptors (Lipinski definition) is 3. The van der Waals surface area contributed by atoms with Gasteiger partial charge in [0.2, 0.25) is 5.89 Å². The molecule has 0 unspecified atom stereocenters. The summed E-state index contributed by atoms with van der Waals surface area (Å²) in [5, 5.41) is 11.8. The van der Waals surface area contributed by atoms with Crippen LogP contribution in [0.15, 0.2) is 154 Å². The Morgan fingerprint density at radius 2 is 1.04 bits per heavy atom. The molecule has 0 radical (unpaired) electrons. The summed E-state index contributed by atoms with van der Waals surface area (Å²) >= 11 is 0. The largest absolute Gasteiger partial charge is 0.456 e. The van der Waals surface area contributed by atoms with Gasteiger partial charge in [-0.1, -0.05) is 103 Å². The molecular formula is C43H24N2O2. The van der Waals surface area contributed by atoms with Crippen LogP contribution in [-0.4, -0.2) is 9.55 Å². The summed E-state index contributed by atoms with van der Waals surface area (Å²) in [5.41, 5.74) is 7.59. The van der Waals surface area contributed by atoms with Crippen LogP contribution in [-0.2, 0) is 0 Å². The van der Waals surface area contributed by atoms with Gasteiger partial charge in [-0.05, 0) is 63.3 Å². The average molecular weight is 601 g/mol. The molecule has 0 spiro atoms. The standard InChI is InChI=1S/C43H24N2O2/c1-3-12-27-25(10-1)20-22-33-39(27)40-28-13-4-2-11-26(28)21-23-34(40)45(33)35-24-38-41(30-15-6-5-14-29(30)35)42-31(16-9-19-37(42)46-38)43-44-32-17-7-8-18-36(32)47-43/h1-24H. The SMILES string of the molecule is c1ccc2c(c1)ccc1c2c2c3ccccc3ccc2n1-c1cc2oc3cccc(-c4nc5ccccc5o4)c3c2c2ccccc12. The molecule has 0 aliphatic carbocycles. The van der Waals surface area contributed by atoms with Crippen LogP contribution in [0.5, 0.6) is 0 Å². The van der Waals surface area contributed by atoms with E-state index in [1.165, 1.54) is 43.4 Å². The number of para-hydroxylation sites is 2. The van der Waals surface area contributed by atoms with E-state index >= 15 is 0 Å². The van der Waals surface area contributed by atoms with E-state index in [2.05, 4.69) is 114 Å². The van der Waals surface area contributed by atoms with Crippen LogP contribution < -0.4 is 0 Å². The highest BCUT2D eigenvalue weighted by Gasteiger charge is 2.23. The summed E-state index contributed by atoms with van der Waals surface area (Å²) in [6.07, 6.45) is 0. The van der Waals surface area contributed by atoms with Crippen LogP contribution >= 0.6 is 0 Å². The number of benzene rings is 8. The normalized spacial score (nSPS) is 12.3. The maximum Gasteiger partial charge on any atom is 0.228 e. The number of fused-ring (bicyclic) bond motifs is 13. The Morgan fingerprint density at radius 3 is 1.77 bits per heavy atom. The highest BCUT2D eigenvalue weighted by molar-refractivity contribution is 6.30. The predicted molar refractivity (Wildman–Crippen MR) is 194 cm³/mol. The third-order valence-corrected chi connectivity index (χ3v) is 9.79. The van der Waals surface area contributed by atoms with E-state index in [1.54, 1.807) is 0 Å². The summed E-state index contributed by atoms with van der Waals surface area (Å²) in [6.45, 7) is 0. The number of rotatable bonds is 2. The van der Waals surface area contributed by atoms with Crippen LogP contribution in [0.3, 0.4) is 0 Å². The van der Waals surface area contributed by atoms with Crippen LogP contribution in [0.2, 0.25) is 0 Å². The molecule has 0 N–H and O–H groups in total. The van der Waals surface area contributed by atoms with E-state index < -0.39 is 0 Å². The second kappa shape index (κ2) is 9.09. The van der Waals surface area contributed by atoms with Crippen LogP contribution in [0, 0.1) is 0 Å². The summed E-state index contributed by atoms with van der Waals surface area (Å²) in [4.78, 5) is 4.86. The zero-order valence-electron chi connectivity index (χ0n) is 25.1. The van der Waals surface area contributed by atoms with E-state index in [-0.39, 0.29) is 0 Å². The lowest BCUT2D eigenvalue weighted by atomic mass is 9.99. The highest BCUT2D eigenvalue weighted by atomic mass is 16.3. The fraction of sp³-hybridized carbons (Fsp3) is 0. The van der Waals surface area contributed by atoms with E-state index in [1.807, 2.05) is 36.4 Å². The molecule has 0 saturated heterocycles. The smallest absolute Gasteiger partial charge is 0.228 e. The summed E-state index contributed by atoms with van der Waals surface area (Å²) in [6, 6.07) is 51.3. The van der Waals surface area contributed by atoms with Crippen molar-refractivity contribution in [2.75, 3.05) is 0 Å². The number of oxazole rings is 1. The van der Waals surface area contributed by atoms with Crippen LogP contribution in [0.1, 0.15) is 0 Å². The third kappa shape index (κ3) is 3.34. The Labute approximate surface area is 267 Å². The number of aromatic nitrogens is 2. The highest BCUT2D eigenvalue weighted by Crippen LogP contribution is 2.45. The van der Waals surface area contributed by atoms with Crippen LogP contribution in [0.25, 0.3) is 104 Å². The minimum Gasteiger partial charge on any atom is -0.456 e. The molecular weight excluding hydrogens is 576 g/mol. The number of nitrogens with zero attached hydrogens (tertiary/aromatic N) is 2. The van der Waals surface area contributed by atoms with Crippen molar-refractivity contribution in [3.8, 4) is 17.1 Å². The van der Waals surface area contributed by atoms with Crippen molar-refractivity contribution in [2.24, 2.45) is 0 Å². The zero-order valence-corrected chi connectivity index (χ0v) is 25.1. The molecule has 47 heavy (non-hydrogen) atoms. The molecule has 8 aromatic carbocycles. The maximum atomic E-state index is 6.72. The van der Waals surface area contributed by atoms with E-state index in [0.717, 1.165) is 55.1 Å². The van der Waals surface area contributed by atoms with Crippen LogP contribution in [0.4, 0.5) is 0 Å². The quantitative estimate of drug-likeness (QED) is 0.198. The van der Waals surface area contributed by atoms with Crippen molar-refractivity contribution in [1.29, 1.82) is 0 Å². The van der Waals surface area contributed by atoms with Crippen molar-refractivity contribution in [3.05, 3.63) is 146 Å². The van der Waals surface area contributed by atoms with E-state index in [4.69, 9.17) is 13.8 Å². The second-order valence-corrected chi connectivity index (χ2v) is 12.3. The van der Waals surface area contributed by atoms with Gasteiger partial charge in [0.05, 0.1) is 16.7 Å². The first-order valence-electron chi connectivity index (χ1n) is 15.9. The minimum absolute atomic E-state index is 0.591. The van der Waals surface area contributed by atoms with E-state index in [0.29, 0.717) is 5.89 Å². The van der Waals surface area contributed by atoms with Gasteiger partial charge in [-0.2, -0.15) is 0 Å². The summed E-state index contributed by atoms with van der Waals surface area (Å²) in [7, 11) is 0. The molecule has 0 fully saturated rings. The fourth-order valence-corrected chi connectivity index (χ4v) is 7.82. The van der Waals surface area contributed by atoms with Gasteiger partial charge in [0, 0.05) is 38.6 Å². The van der Waals surface area contributed by atoms with Gasteiger partial charge in [-0.15, -0.1) is 0 Å². The van der Waals surface area contributed by atoms with Crippen molar-refractivity contribution < 1.29 is 8.83 Å². The van der Waals surface area contributed by atoms with Gasteiger partial charge in [-0.3, -0.25) is 0 Å². The first-order chi connectivity index (χ1) is 23.3. The molecule has 0 aliphatic heterocycles. The lowest BCUT2D eigenvalue weighted by molar-refractivity contribution is 0.620. The molecule has 3 aromatic heterocycles. The molecule has 0 amide bonds. The molecule has 11 rings (SSSR count). The lowest BCUT2D eigenvalue weighted by Gasteiger charge is -2.13. The third-order valence-electron chi connectivity index (χ3n) is 9.79. The van der Waals surface area contributed by atoms with Gasteiger partial charge < -0.3 is 13.4 Å². The molecule has 218 valence electrons. The average Bonchev–Trinajstić information content (AvgIpc) is 3.83. The summed E-state index contributed by atoms with van der Waals surface area (Å²) in [5.74, 6) is 0.591. The minimum atomic E-state index is 0.591. The molecule has 0 aliphatic rings. The first-order valence-corrected chi connectivity index (χ1v) is 15.9.